The molecule has 0 amide bonds. The molecule has 1 aliphatic carbocycles. The van der Waals surface area contributed by atoms with Crippen molar-refractivity contribution in [1.82, 2.24) is 10.2 Å². The standard InChI is InChI=1S/C18H16F6N2/c1-16-14(20)7-10(18(22,23)24)8-26(16)9-17(25-16)6-2-3-11-12(17)4-5-13(19)15(11)21/h4-5,7-8,25H,2-3,6,9H2,1H3. The summed E-state index contributed by atoms with van der Waals surface area (Å²) in [6.07, 6.45) is -1.96. The van der Waals surface area contributed by atoms with Gasteiger partial charge in [-0.15, -0.1) is 0 Å². The number of rotatable bonds is 0. The summed E-state index contributed by atoms with van der Waals surface area (Å²) >= 11 is 0. The summed E-state index contributed by atoms with van der Waals surface area (Å²) in [5.74, 6) is -2.87. The molecule has 2 heterocycles. The fourth-order valence-corrected chi connectivity index (χ4v) is 4.32. The van der Waals surface area contributed by atoms with Crippen molar-refractivity contribution in [2.24, 2.45) is 0 Å². The molecule has 1 N–H and O–H groups in total. The third-order valence-corrected chi connectivity index (χ3v) is 5.61. The minimum absolute atomic E-state index is 0.0302. The maximum absolute atomic E-state index is 14.6. The van der Waals surface area contributed by atoms with Crippen LogP contribution >= 0.6 is 0 Å². The van der Waals surface area contributed by atoms with E-state index in [0.717, 1.165) is 12.3 Å². The largest absolute Gasteiger partial charge is 0.417 e. The highest BCUT2D eigenvalue weighted by Gasteiger charge is 2.56. The smallest absolute Gasteiger partial charge is 0.351 e. The summed E-state index contributed by atoms with van der Waals surface area (Å²) in [6.45, 7) is 1.48. The molecule has 0 radical (unpaired) electrons. The summed E-state index contributed by atoms with van der Waals surface area (Å²) in [7, 11) is 0. The van der Waals surface area contributed by atoms with Gasteiger partial charge in [0.1, 0.15) is 11.5 Å². The number of nitrogens with zero attached hydrogens (tertiary/aromatic N) is 1. The molecule has 1 aromatic carbocycles. The number of alkyl halides is 3. The van der Waals surface area contributed by atoms with Crippen molar-refractivity contribution in [3.8, 4) is 0 Å². The molecule has 1 saturated heterocycles. The first-order chi connectivity index (χ1) is 12.1. The molecule has 4 rings (SSSR count). The normalized spacial score (nSPS) is 30.8. The van der Waals surface area contributed by atoms with Gasteiger partial charge in [-0.25, -0.2) is 13.2 Å². The van der Waals surface area contributed by atoms with E-state index in [0.29, 0.717) is 30.9 Å². The first-order valence-electron chi connectivity index (χ1n) is 8.27. The maximum atomic E-state index is 14.6. The Labute approximate surface area is 146 Å². The maximum Gasteiger partial charge on any atom is 0.417 e. The average Bonchev–Trinajstić information content (AvgIpc) is 2.84. The van der Waals surface area contributed by atoms with Crippen molar-refractivity contribution in [3.05, 3.63) is 58.6 Å². The Kier molecular flexibility index (Phi) is 3.54. The van der Waals surface area contributed by atoms with Crippen molar-refractivity contribution in [3.63, 3.8) is 0 Å². The van der Waals surface area contributed by atoms with E-state index < -0.39 is 40.4 Å². The minimum atomic E-state index is -4.67. The van der Waals surface area contributed by atoms with Crippen LogP contribution in [0.4, 0.5) is 26.3 Å². The second-order valence-corrected chi connectivity index (χ2v) is 7.22. The van der Waals surface area contributed by atoms with Gasteiger partial charge in [-0.1, -0.05) is 6.07 Å². The van der Waals surface area contributed by atoms with Crippen LogP contribution in [0.5, 0.6) is 0 Å². The van der Waals surface area contributed by atoms with Gasteiger partial charge in [-0.05, 0) is 49.5 Å². The second-order valence-electron chi connectivity index (χ2n) is 7.22. The molecule has 2 aliphatic heterocycles. The first kappa shape index (κ1) is 17.5. The third-order valence-electron chi connectivity index (χ3n) is 5.61. The van der Waals surface area contributed by atoms with Crippen molar-refractivity contribution < 1.29 is 26.3 Å². The SMILES string of the molecule is CC12NC3(CCCc4c3ccc(F)c4F)CN1C=C(C(F)(F)F)C=C2F. The fourth-order valence-electron chi connectivity index (χ4n) is 4.32. The van der Waals surface area contributed by atoms with Crippen LogP contribution in [0.15, 0.2) is 35.8 Å². The summed E-state index contributed by atoms with van der Waals surface area (Å²) in [6, 6.07) is 2.45. The predicted octanol–water partition coefficient (Wildman–Crippen LogP) is 4.43. The minimum Gasteiger partial charge on any atom is -0.351 e. The number of allylic oxidation sites excluding steroid dienone is 2. The van der Waals surface area contributed by atoms with E-state index in [1.165, 1.54) is 17.9 Å². The van der Waals surface area contributed by atoms with Crippen LogP contribution in [0.2, 0.25) is 0 Å². The van der Waals surface area contributed by atoms with E-state index >= 15 is 0 Å². The number of hydrogen-bond acceptors (Lipinski definition) is 2. The van der Waals surface area contributed by atoms with E-state index in [9.17, 15) is 26.3 Å². The van der Waals surface area contributed by atoms with Gasteiger partial charge in [0.05, 0.1) is 11.1 Å². The Bertz CT molecular complexity index is 843. The highest BCUT2D eigenvalue weighted by atomic mass is 19.4. The van der Waals surface area contributed by atoms with Crippen LogP contribution < -0.4 is 5.32 Å². The molecule has 3 aliphatic rings. The molecule has 2 atom stereocenters. The van der Waals surface area contributed by atoms with Gasteiger partial charge in [-0.2, -0.15) is 13.2 Å². The van der Waals surface area contributed by atoms with Crippen LogP contribution in [0.1, 0.15) is 30.9 Å². The first-order valence-corrected chi connectivity index (χ1v) is 8.27. The number of hydrogen-bond donors (Lipinski definition) is 1. The van der Waals surface area contributed by atoms with E-state index in [1.807, 2.05) is 0 Å². The van der Waals surface area contributed by atoms with Gasteiger partial charge in [0.2, 0.25) is 0 Å². The summed E-state index contributed by atoms with van der Waals surface area (Å²) in [5.41, 5.74) is -2.80. The number of benzene rings is 1. The topological polar surface area (TPSA) is 15.3 Å². The number of nitrogens with one attached hydrogen (secondary N) is 1. The van der Waals surface area contributed by atoms with Crippen LogP contribution in [-0.2, 0) is 12.0 Å². The molecule has 8 heteroatoms. The Balaban J connectivity index is 1.82. The zero-order valence-corrected chi connectivity index (χ0v) is 13.9. The quantitative estimate of drug-likeness (QED) is 0.676. The highest BCUT2D eigenvalue weighted by molar-refractivity contribution is 5.44. The van der Waals surface area contributed by atoms with Gasteiger partial charge in [-0.3, -0.25) is 5.32 Å². The molecule has 1 spiro atoms. The number of halogens is 6. The van der Waals surface area contributed by atoms with Crippen LogP contribution in [0, 0.1) is 11.6 Å². The van der Waals surface area contributed by atoms with E-state index in [1.54, 1.807) is 0 Å². The molecule has 1 fully saturated rings. The Morgan fingerprint density at radius 3 is 2.58 bits per heavy atom. The van der Waals surface area contributed by atoms with Crippen molar-refractivity contribution in [1.29, 1.82) is 0 Å². The summed E-state index contributed by atoms with van der Waals surface area (Å²) in [4.78, 5) is 1.27. The van der Waals surface area contributed by atoms with Crippen molar-refractivity contribution in [2.45, 2.75) is 43.6 Å². The third kappa shape index (κ3) is 2.31. The second kappa shape index (κ2) is 5.28. The molecule has 2 unspecified atom stereocenters. The van der Waals surface area contributed by atoms with E-state index in [-0.39, 0.29) is 12.1 Å². The fraction of sp³-hybridized carbons (Fsp3) is 0.444. The lowest BCUT2D eigenvalue weighted by Crippen LogP contribution is -2.53. The Hall–Kier alpha value is -1.96. The molecule has 0 saturated carbocycles. The van der Waals surface area contributed by atoms with E-state index in [2.05, 4.69) is 5.32 Å². The monoisotopic (exact) mass is 374 g/mol. The molecule has 2 nitrogen and oxygen atoms in total. The Morgan fingerprint density at radius 1 is 1.15 bits per heavy atom. The van der Waals surface area contributed by atoms with Gasteiger partial charge in [0.25, 0.3) is 0 Å². The lowest BCUT2D eigenvalue weighted by molar-refractivity contribution is -0.0907. The molecular weight excluding hydrogens is 358 g/mol. The lowest BCUT2D eigenvalue weighted by Gasteiger charge is -2.38. The summed E-state index contributed by atoms with van der Waals surface area (Å²) in [5, 5.41) is 3.09. The highest BCUT2D eigenvalue weighted by Crippen LogP contribution is 2.48. The van der Waals surface area contributed by atoms with Crippen LogP contribution in [0.3, 0.4) is 0 Å². The lowest BCUT2D eigenvalue weighted by atomic mass is 9.76. The zero-order chi connectivity index (χ0) is 18.9. The van der Waals surface area contributed by atoms with Gasteiger partial charge >= 0.3 is 6.18 Å². The predicted molar refractivity (Wildman–Crippen MR) is 82.5 cm³/mol. The van der Waals surface area contributed by atoms with Gasteiger partial charge in [0.15, 0.2) is 11.6 Å². The molecule has 0 bridgehead atoms. The van der Waals surface area contributed by atoms with Crippen molar-refractivity contribution in [2.75, 3.05) is 6.54 Å². The zero-order valence-electron chi connectivity index (χ0n) is 13.9. The van der Waals surface area contributed by atoms with Crippen molar-refractivity contribution >= 4 is 0 Å². The van der Waals surface area contributed by atoms with E-state index in [4.69, 9.17) is 0 Å². The molecular formula is C18H16F6N2. The molecule has 0 aromatic heterocycles. The molecule has 26 heavy (non-hydrogen) atoms. The molecule has 140 valence electrons. The number of fused-ring (bicyclic) bond motifs is 3. The Morgan fingerprint density at radius 2 is 1.88 bits per heavy atom. The van der Waals surface area contributed by atoms with Gasteiger partial charge in [0, 0.05) is 12.7 Å². The molecule has 1 aromatic rings. The average molecular weight is 374 g/mol. The van der Waals surface area contributed by atoms with Crippen LogP contribution in [0.25, 0.3) is 0 Å². The summed E-state index contributed by atoms with van der Waals surface area (Å²) < 4.78 is 81.6. The van der Waals surface area contributed by atoms with Crippen LogP contribution in [-0.4, -0.2) is 23.3 Å². The van der Waals surface area contributed by atoms with Gasteiger partial charge < -0.3 is 4.90 Å².